The van der Waals surface area contributed by atoms with Crippen LogP contribution in [-0.2, 0) is 16.6 Å². The summed E-state index contributed by atoms with van der Waals surface area (Å²) in [4.78, 5) is 16.9. The topological polar surface area (TPSA) is 88.2 Å². The van der Waals surface area contributed by atoms with Crippen LogP contribution in [0.3, 0.4) is 0 Å². The molecule has 0 aliphatic carbocycles. The molecule has 27 heavy (non-hydrogen) atoms. The molecule has 1 amide bonds. The number of rotatable bonds is 6. The van der Waals surface area contributed by atoms with Crippen LogP contribution in [0.4, 0.5) is 9.52 Å². The van der Waals surface area contributed by atoms with Crippen molar-refractivity contribution in [3.63, 3.8) is 0 Å². The molecule has 0 radical (unpaired) electrons. The zero-order chi connectivity index (χ0) is 19.4. The number of sulfonamides is 1. The predicted molar refractivity (Wildman–Crippen MR) is 102 cm³/mol. The molecule has 0 bridgehead atoms. The predicted octanol–water partition coefficient (Wildman–Crippen LogP) is 3.32. The highest BCUT2D eigenvalue weighted by molar-refractivity contribution is 7.93. The van der Waals surface area contributed by atoms with Crippen LogP contribution in [0.25, 0.3) is 0 Å². The van der Waals surface area contributed by atoms with E-state index >= 15 is 0 Å². The highest BCUT2D eigenvalue weighted by Crippen LogP contribution is 2.25. The number of aromatic nitrogens is 1. The Kier molecular flexibility index (Phi) is 5.52. The van der Waals surface area contributed by atoms with Crippen LogP contribution in [0, 0.1) is 12.7 Å². The number of nitrogens with zero attached hydrogens (tertiary/aromatic N) is 1. The van der Waals surface area contributed by atoms with Gasteiger partial charge in [0.25, 0.3) is 15.9 Å². The van der Waals surface area contributed by atoms with Gasteiger partial charge < -0.3 is 5.32 Å². The number of benzene rings is 2. The third-order valence-electron chi connectivity index (χ3n) is 3.64. The lowest BCUT2D eigenvalue weighted by atomic mass is 10.2. The first kappa shape index (κ1) is 19.0. The third-order valence-corrected chi connectivity index (χ3v) is 6.20. The molecule has 0 fully saturated rings. The van der Waals surface area contributed by atoms with Gasteiger partial charge in [0, 0.05) is 6.54 Å². The molecule has 1 aromatic heterocycles. The molecule has 0 spiro atoms. The number of carbonyl (C=O) groups excluding carboxylic acids is 1. The van der Waals surface area contributed by atoms with Gasteiger partial charge in [-0.3, -0.25) is 9.52 Å². The fourth-order valence-electron chi connectivity index (χ4n) is 2.29. The Balaban J connectivity index is 1.70. The Morgan fingerprint density at radius 2 is 1.78 bits per heavy atom. The van der Waals surface area contributed by atoms with Crippen molar-refractivity contribution in [1.29, 1.82) is 0 Å². The number of nitrogens with one attached hydrogen (secondary N) is 2. The van der Waals surface area contributed by atoms with Gasteiger partial charge in [0.1, 0.15) is 10.7 Å². The maximum Gasteiger partial charge on any atom is 0.263 e. The second-order valence-electron chi connectivity index (χ2n) is 5.66. The number of aryl methyl sites for hydroxylation is 1. The summed E-state index contributed by atoms with van der Waals surface area (Å²) >= 11 is 0.953. The van der Waals surface area contributed by atoms with Gasteiger partial charge in [-0.15, -0.1) is 0 Å². The quantitative estimate of drug-likeness (QED) is 0.659. The van der Waals surface area contributed by atoms with Crippen LogP contribution in [0.1, 0.15) is 20.9 Å². The first-order valence-corrected chi connectivity index (χ1v) is 10.2. The first-order valence-electron chi connectivity index (χ1n) is 7.93. The second kappa shape index (κ2) is 7.85. The number of halogens is 1. The van der Waals surface area contributed by atoms with Crippen molar-refractivity contribution in [3.8, 4) is 0 Å². The molecule has 2 aromatic carbocycles. The van der Waals surface area contributed by atoms with Gasteiger partial charge in [-0.1, -0.05) is 41.7 Å². The Labute approximate surface area is 160 Å². The lowest BCUT2D eigenvalue weighted by Crippen LogP contribution is -2.22. The highest BCUT2D eigenvalue weighted by atomic mass is 32.2. The summed E-state index contributed by atoms with van der Waals surface area (Å²) in [6, 6.07) is 13.7. The van der Waals surface area contributed by atoms with Crippen molar-refractivity contribution in [2.24, 2.45) is 0 Å². The molecule has 9 heteroatoms. The van der Waals surface area contributed by atoms with Crippen LogP contribution in [0.2, 0.25) is 0 Å². The van der Waals surface area contributed by atoms with E-state index in [1.165, 1.54) is 24.3 Å². The van der Waals surface area contributed by atoms with E-state index in [0.717, 1.165) is 16.9 Å². The molecule has 3 aromatic rings. The number of anilines is 1. The van der Waals surface area contributed by atoms with Crippen LogP contribution in [-0.4, -0.2) is 19.3 Å². The van der Waals surface area contributed by atoms with E-state index in [-0.39, 0.29) is 28.3 Å². The summed E-state index contributed by atoms with van der Waals surface area (Å²) in [5.41, 5.74) is 1.17. The van der Waals surface area contributed by atoms with E-state index in [9.17, 15) is 17.6 Å². The first-order chi connectivity index (χ1) is 12.8. The molecule has 140 valence electrons. The summed E-state index contributed by atoms with van der Waals surface area (Å²) in [6.07, 6.45) is 0. The van der Waals surface area contributed by atoms with Gasteiger partial charge in [-0.25, -0.2) is 17.8 Å². The summed E-state index contributed by atoms with van der Waals surface area (Å²) in [6.45, 7) is 1.85. The van der Waals surface area contributed by atoms with Crippen LogP contribution in [0.15, 0.2) is 59.5 Å². The Morgan fingerprint density at radius 3 is 2.44 bits per heavy atom. The average Bonchev–Trinajstić information content (AvgIpc) is 3.01. The number of hydrogen-bond acceptors (Lipinski definition) is 5. The van der Waals surface area contributed by atoms with Crippen molar-refractivity contribution in [1.82, 2.24) is 10.3 Å². The molecular formula is C18H16FN3O3S2. The number of hydrogen-bond donors (Lipinski definition) is 2. The molecule has 0 aliphatic rings. The lowest BCUT2D eigenvalue weighted by Gasteiger charge is -2.04. The summed E-state index contributed by atoms with van der Waals surface area (Å²) in [5.74, 6) is -0.724. The normalized spacial score (nSPS) is 11.2. The molecular weight excluding hydrogens is 389 g/mol. The van der Waals surface area contributed by atoms with Crippen LogP contribution in [0.5, 0.6) is 0 Å². The summed E-state index contributed by atoms with van der Waals surface area (Å²) in [7, 11) is -3.77. The third kappa shape index (κ3) is 4.69. The fourth-order valence-corrected chi connectivity index (χ4v) is 4.43. The molecule has 1 heterocycles. The van der Waals surface area contributed by atoms with Crippen LogP contribution >= 0.6 is 11.3 Å². The van der Waals surface area contributed by atoms with Crippen molar-refractivity contribution in [3.05, 3.63) is 76.5 Å². The molecule has 6 nitrogen and oxygen atoms in total. The van der Waals surface area contributed by atoms with Gasteiger partial charge in [0.05, 0.1) is 10.6 Å². The number of amides is 1. The summed E-state index contributed by atoms with van der Waals surface area (Å²) < 4.78 is 40.0. The Hall–Kier alpha value is -2.78. The minimum absolute atomic E-state index is 0.111. The SMILES string of the molecule is Cc1nc(NS(=O)(=O)c2ccccc2)sc1C(=O)NCc1ccc(F)cc1. The molecule has 0 atom stereocenters. The summed E-state index contributed by atoms with van der Waals surface area (Å²) in [5, 5.41) is 2.83. The standard InChI is InChI=1S/C18H16FN3O3S2/c1-12-16(17(23)20-11-13-7-9-14(19)10-8-13)26-18(21-12)22-27(24,25)15-5-3-2-4-6-15/h2-10H,11H2,1H3,(H,20,23)(H,21,22). The molecule has 0 aliphatic heterocycles. The zero-order valence-electron chi connectivity index (χ0n) is 14.3. The fraction of sp³-hybridized carbons (Fsp3) is 0.111. The maximum atomic E-state index is 12.9. The number of thiazole rings is 1. The monoisotopic (exact) mass is 405 g/mol. The zero-order valence-corrected chi connectivity index (χ0v) is 15.9. The van der Waals surface area contributed by atoms with Crippen molar-refractivity contribution in [2.45, 2.75) is 18.4 Å². The molecule has 0 saturated heterocycles. The van der Waals surface area contributed by atoms with E-state index in [1.54, 1.807) is 37.3 Å². The smallest absolute Gasteiger partial charge is 0.263 e. The van der Waals surface area contributed by atoms with Gasteiger partial charge in [-0.05, 0) is 36.8 Å². The highest BCUT2D eigenvalue weighted by Gasteiger charge is 2.20. The average molecular weight is 405 g/mol. The Bertz CT molecular complexity index is 1050. The maximum absolute atomic E-state index is 12.9. The van der Waals surface area contributed by atoms with E-state index in [2.05, 4.69) is 15.0 Å². The van der Waals surface area contributed by atoms with Gasteiger partial charge in [-0.2, -0.15) is 0 Å². The number of carbonyl (C=O) groups is 1. The largest absolute Gasteiger partial charge is 0.347 e. The van der Waals surface area contributed by atoms with E-state index in [4.69, 9.17) is 0 Å². The van der Waals surface area contributed by atoms with Crippen molar-refractivity contribution in [2.75, 3.05) is 4.72 Å². The van der Waals surface area contributed by atoms with Crippen molar-refractivity contribution >= 4 is 32.4 Å². The molecule has 2 N–H and O–H groups in total. The molecule has 0 saturated carbocycles. The minimum Gasteiger partial charge on any atom is -0.347 e. The van der Waals surface area contributed by atoms with Crippen LogP contribution < -0.4 is 10.0 Å². The van der Waals surface area contributed by atoms with Gasteiger partial charge in [0.2, 0.25) is 0 Å². The second-order valence-corrected chi connectivity index (χ2v) is 8.34. The van der Waals surface area contributed by atoms with Gasteiger partial charge >= 0.3 is 0 Å². The van der Waals surface area contributed by atoms with Gasteiger partial charge in [0.15, 0.2) is 5.13 Å². The lowest BCUT2D eigenvalue weighted by molar-refractivity contribution is 0.0954. The van der Waals surface area contributed by atoms with E-state index < -0.39 is 10.0 Å². The Morgan fingerprint density at radius 1 is 1.11 bits per heavy atom. The molecule has 0 unspecified atom stereocenters. The minimum atomic E-state index is -3.77. The molecule has 3 rings (SSSR count). The van der Waals surface area contributed by atoms with E-state index in [0.29, 0.717) is 10.6 Å². The van der Waals surface area contributed by atoms with Crippen molar-refractivity contribution < 1.29 is 17.6 Å². The van der Waals surface area contributed by atoms with E-state index in [1.807, 2.05) is 0 Å².